The molecule has 4 heterocycles. The Morgan fingerprint density at radius 1 is 1.22 bits per heavy atom. The SMILES string of the molecule is C[C@H]1[C@H](NC(=O)c2ccc(Sc3cccc(C(N)=O)c3)s2)C2CCN1CC2. The Bertz CT molecular complexity index is 856. The first kappa shape index (κ1) is 18.5. The van der Waals surface area contributed by atoms with Gasteiger partial charge in [0.1, 0.15) is 0 Å². The van der Waals surface area contributed by atoms with Gasteiger partial charge in [0.2, 0.25) is 5.91 Å². The highest BCUT2D eigenvalue weighted by Crippen LogP contribution is 2.35. The first-order chi connectivity index (χ1) is 13.0. The standard InChI is InChI=1S/C20H23N3O2S2/c1-12-18(13-7-9-23(12)10-8-13)22-20(25)16-5-6-17(27-16)26-15-4-2-3-14(11-15)19(21)24/h2-6,11-13,18H,7-10H2,1H3,(H2,21,24)(H,22,25)/t12-,18-/m0/s1. The summed E-state index contributed by atoms with van der Waals surface area (Å²) in [5.41, 5.74) is 5.84. The van der Waals surface area contributed by atoms with Gasteiger partial charge in [0.05, 0.1) is 9.09 Å². The predicted molar refractivity (Wildman–Crippen MR) is 108 cm³/mol. The van der Waals surface area contributed by atoms with E-state index in [1.54, 1.807) is 12.1 Å². The summed E-state index contributed by atoms with van der Waals surface area (Å²) >= 11 is 3.02. The lowest BCUT2D eigenvalue weighted by Gasteiger charge is -2.49. The van der Waals surface area contributed by atoms with Crippen LogP contribution in [0.5, 0.6) is 0 Å². The quantitative estimate of drug-likeness (QED) is 0.807. The Balaban J connectivity index is 1.42. The van der Waals surface area contributed by atoms with E-state index in [0.717, 1.165) is 27.1 Å². The third kappa shape index (κ3) is 3.90. The molecule has 3 saturated heterocycles. The topological polar surface area (TPSA) is 75.4 Å². The van der Waals surface area contributed by atoms with Gasteiger partial charge in [-0.3, -0.25) is 14.5 Å². The van der Waals surface area contributed by atoms with Crippen LogP contribution in [0, 0.1) is 5.92 Å². The summed E-state index contributed by atoms with van der Waals surface area (Å²) in [6, 6.07) is 11.7. The summed E-state index contributed by atoms with van der Waals surface area (Å²) in [6.45, 7) is 4.53. The van der Waals surface area contributed by atoms with Crippen LogP contribution in [0.15, 0.2) is 45.5 Å². The number of nitrogens with two attached hydrogens (primary N) is 1. The molecule has 5 rings (SSSR count). The molecule has 3 aliphatic rings. The minimum atomic E-state index is -0.435. The molecule has 0 radical (unpaired) electrons. The maximum Gasteiger partial charge on any atom is 0.261 e. The minimum absolute atomic E-state index is 0.0170. The van der Waals surface area contributed by atoms with E-state index in [1.165, 1.54) is 35.9 Å². The molecule has 0 spiro atoms. The van der Waals surface area contributed by atoms with E-state index in [0.29, 0.717) is 17.5 Å². The van der Waals surface area contributed by atoms with Gasteiger partial charge in [-0.1, -0.05) is 17.8 Å². The number of nitrogens with zero attached hydrogens (tertiary/aromatic N) is 1. The zero-order chi connectivity index (χ0) is 19.0. The van der Waals surface area contributed by atoms with Gasteiger partial charge >= 0.3 is 0 Å². The first-order valence-corrected chi connectivity index (χ1v) is 10.9. The lowest BCUT2D eigenvalue weighted by atomic mass is 9.79. The average molecular weight is 402 g/mol. The number of piperidine rings is 3. The summed E-state index contributed by atoms with van der Waals surface area (Å²) in [4.78, 5) is 28.2. The number of carbonyl (C=O) groups is 2. The summed E-state index contributed by atoms with van der Waals surface area (Å²) < 4.78 is 1.02. The van der Waals surface area contributed by atoms with Crippen molar-refractivity contribution in [3.05, 3.63) is 46.8 Å². The summed E-state index contributed by atoms with van der Waals surface area (Å²) in [6.07, 6.45) is 2.36. The zero-order valence-electron chi connectivity index (χ0n) is 15.2. The van der Waals surface area contributed by atoms with E-state index in [4.69, 9.17) is 5.73 Å². The van der Waals surface area contributed by atoms with E-state index < -0.39 is 5.91 Å². The molecule has 1 aromatic carbocycles. The smallest absolute Gasteiger partial charge is 0.261 e. The first-order valence-electron chi connectivity index (χ1n) is 9.24. The van der Waals surface area contributed by atoms with Gasteiger partial charge in [0, 0.05) is 22.5 Å². The third-order valence-corrected chi connectivity index (χ3v) is 7.82. The molecule has 7 heteroatoms. The molecule has 2 bridgehead atoms. The molecule has 5 nitrogen and oxygen atoms in total. The highest BCUT2D eigenvalue weighted by atomic mass is 32.2. The second-order valence-corrected chi connectivity index (χ2v) is 9.68. The van der Waals surface area contributed by atoms with Crippen LogP contribution in [0.4, 0.5) is 0 Å². The second kappa shape index (κ2) is 7.66. The van der Waals surface area contributed by atoms with Gasteiger partial charge in [-0.2, -0.15) is 0 Å². The van der Waals surface area contributed by atoms with Crippen LogP contribution >= 0.6 is 23.1 Å². The van der Waals surface area contributed by atoms with E-state index in [2.05, 4.69) is 17.1 Å². The van der Waals surface area contributed by atoms with Crippen molar-refractivity contribution in [2.75, 3.05) is 13.1 Å². The third-order valence-electron chi connectivity index (χ3n) is 5.62. The summed E-state index contributed by atoms with van der Waals surface area (Å²) in [7, 11) is 0. The Morgan fingerprint density at radius 3 is 2.70 bits per heavy atom. The molecular formula is C20H23N3O2S2. The fraction of sp³-hybridized carbons (Fsp3) is 0.400. The van der Waals surface area contributed by atoms with Crippen molar-refractivity contribution in [2.45, 2.75) is 41.0 Å². The molecule has 2 amide bonds. The highest BCUT2D eigenvalue weighted by Gasteiger charge is 2.40. The molecule has 0 saturated carbocycles. The molecule has 27 heavy (non-hydrogen) atoms. The van der Waals surface area contributed by atoms with Crippen LogP contribution in [-0.2, 0) is 0 Å². The van der Waals surface area contributed by atoms with Crippen LogP contribution in [0.2, 0.25) is 0 Å². The number of rotatable bonds is 5. The van der Waals surface area contributed by atoms with Gasteiger partial charge in [-0.05, 0) is 69.1 Å². The van der Waals surface area contributed by atoms with Crippen LogP contribution in [0.3, 0.4) is 0 Å². The van der Waals surface area contributed by atoms with Crippen molar-refractivity contribution in [1.29, 1.82) is 0 Å². The van der Waals surface area contributed by atoms with Crippen LogP contribution < -0.4 is 11.1 Å². The van der Waals surface area contributed by atoms with Crippen molar-refractivity contribution < 1.29 is 9.59 Å². The molecule has 0 unspecified atom stereocenters. The lowest BCUT2D eigenvalue weighted by Crippen LogP contribution is -2.62. The van der Waals surface area contributed by atoms with Crippen LogP contribution in [0.25, 0.3) is 0 Å². The number of primary amides is 1. The molecule has 3 fully saturated rings. The summed E-state index contributed by atoms with van der Waals surface area (Å²) in [5, 5.41) is 3.28. The maximum atomic E-state index is 12.8. The number of amides is 2. The predicted octanol–water partition coefficient (Wildman–Crippen LogP) is 3.21. The van der Waals surface area contributed by atoms with Gasteiger partial charge in [-0.15, -0.1) is 11.3 Å². The van der Waals surface area contributed by atoms with Gasteiger partial charge in [-0.25, -0.2) is 0 Å². The van der Waals surface area contributed by atoms with Gasteiger partial charge in [0.15, 0.2) is 0 Å². The van der Waals surface area contributed by atoms with Crippen molar-refractivity contribution in [2.24, 2.45) is 11.7 Å². The fourth-order valence-corrected chi connectivity index (χ4v) is 6.16. The lowest BCUT2D eigenvalue weighted by molar-refractivity contribution is 0.0218. The van der Waals surface area contributed by atoms with Crippen molar-refractivity contribution >= 4 is 34.9 Å². The number of hydrogen-bond acceptors (Lipinski definition) is 5. The number of hydrogen-bond donors (Lipinski definition) is 2. The molecule has 2 aromatic rings. The van der Waals surface area contributed by atoms with Crippen molar-refractivity contribution in [1.82, 2.24) is 10.2 Å². The van der Waals surface area contributed by atoms with E-state index in [1.807, 2.05) is 24.3 Å². The number of carbonyl (C=O) groups excluding carboxylic acids is 2. The largest absolute Gasteiger partial charge is 0.366 e. The maximum absolute atomic E-state index is 12.8. The van der Waals surface area contributed by atoms with Crippen LogP contribution in [0.1, 0.15) is 39.8 Å². The normalized spacial score (nSPS) is 26.7. The molecule has 2 atom stereocenters. The Hall–Kier alpha value is -1.83. The Morgan fingerprint density at radius 2 is 2.00 bits per heavy atom. The number of benzene rings is 1. The van der Waals surface area contributed by atoms with E-state index >= 15 is 0 Å². The van der Waals surface area contributed by atoms with Gasteiger partial charge < -0.3 is 11.1 Å². The number of thiophene rings is 1. The van der Waals surface area contributed by atoms with Gasteiger partial charge in [0.25, 0.3) is 5.91 Å². The highest BCUT2D eigenvalue weighted by molar-refractivity contribution is 8.01. The van der Waals surface area contributed by atoms with Crippen LogP contribution in [-0.4, -0.2) is 41.9 Å². The molecule has 3 aliphatic heterocycles. The van der Waals surface area contributed by atoms with Crippen molar-refractivity contribution in [3.8, 4) is 0 Å². The minimum Gasteiger partial charge on any atom is -0.366 e. The zero-order valence-corrected chi connectivity index (χ0v) is 16.8. The fourth-order valence-electron chi connectivity index (χ4n) is 4.09. The number of nitrogens with one attached hydrogen (secondary N) is 1. The van der Waals surface area contributed by atoms with E-state index in [9.17, 15) is 9.59 Å². The number of fused-ring (bicyclic) bond motifs is 3. The Labute approximate surface area is 167 Å². The molecule has 0 aliphatic carbocycles. The van der Waals surface area contributed by atoms with Crippen molar-refractivity contribution in [3.63, 3.8) is 0 Å². The average Bonchev–Trinajstić information content (AvgIpc) is 3.14. The molecule has 3 N–H and O–H groups in total. The molecular weight excluding hydrogens is 378 g/mol. The Kier molecular flexibility index (Phi) is 5.25. The van der Waals surface area contributed by atoms with E-state index in [-0.39, 0.29) is 11.9 Å². The molecule has 1 aromatic heterocycles. The summed E-state index contributed by atoms with van der Waals surface area (Å²) in [5.74, 6) is 0.179. The monoisotopic (exact) mass is 401 g/mol. The second-order valence-electron chi connectivity index (χ2n) is 7.23. The molecule has 142 valence electrons.